The molecule has 0 bridgehead atoms. The lowest BCUT2D eigenvalue weighted by atomic mass is 10.1. The van der Waals surface area contributed by atoms with E-state index in [0.717, 1.165) is 0 Å². The van der Waals surface area contributed by atoms with Crippen molar-refractivity contribution in [1.82, 2.24) is 0 Å². The van der Waals surface area contributed by atoms with Crippen LogP contribution >= 0.6 is 0 Å². The molecule has 0 aliphatic heterocycles. The van der Waals surface area contributed by atoms with Crippen molar-refractivity contribution in [3.63, 3.8) is 0 Å². The van der Waals surface area contributed by atoms with Crippen molar-refractivity contribution in [2.45, 2.75) is 24.0 Å². The quantitative estimate of drug-likeness (QED) is 0.287. The van der Waals surface area contributed by atoms with Crippen LogP contribution in [0.3, 0.4) is 0 Å². The van der Waals surface area contributed by atoms with Crippen LogP contribution in [0.25, 0.3) is 0 Å². The molecule has 0 aliphatic carbocycles. The Balaban J connectivity index is 4.07. The maximum absolute atomic E-state index is 10.1. The Hall–Kier alpha value is -0.183. The van der Waals surface area contributed by atoms with Crippen LogP contribution in [-0.4, -0.2) is 65.6 Å². The van der Waals surface area contributed by atoms with Crippen LogP contribution in [-0.2, 0) is 4.46 Å². The van der Waals surface area contributed by atoms with Crippen LogP contribution in [0.1, 0.15) is 0 Å². The molecular weight excluding hydrogens is 184 g/mol. The van der Waals surface area contributed by atoms with Gasteiger partial charge < -0.3 is 30.0 Å². The topological polar surface area (TPSA) is 118 Å². The molecule has 6 nitrogen and oxygen atoms in total. The van der Waals surface area contributed by atoms with Crippen molar-refractivity contribution in [2.75, 3.05) is 6.61 Å². The molecule has 4 atom stereocenters. The minimum absolute atomic E-state index is 0.737. The molecule has 0 amide bonds. The van der Waals surface area contributed by atoms with Gasteiger partial charge in [0.1, 0.15) is 24.0 Å². The van der Waals surface area contributed by atoms with Crippen molar-refractivity contribution in [1.29, 1.82) is 0 Å². The van der Waals surface area contributed by atoms with E-state index in [1.165, 1.54) is 0 Å². The molecular formula is C5H12O6Si. The molecule has 0 rings (SSSR count). The predicted octanol–water partition coefficient (Wildman–Crippen LogP) is -3.84. The first kappa shape index (κ1) is 11.8. The Morgan fingerprint density at radius 1 is 1.08 bits per heavy atom. The molecule has 7 heteroatoms. The van der Waals surface area contributed by atoms with E-state index in [4.69, 9.17) is 25.5 Å². The van der Waals surface area contributed by atoms with Gasteiger partial charge in [0.2, 0.25) is 0 Å². The van der Waals surface area contributed by atoms with Gasteiger partial charge in [0.05, 0.1) is 6.61 Å². The van der Waals surface area contributed by atoms with Crippen molar-refractivity contribution < 1.29 is 30.0 Å². The molecule has 0 aromatic carbocycles. The Morgan fingerprint density at radius 3 is 1.92 bits per heavy atom. The van der Waals surface area contributed by atoms with Crippen LogP contribution in [0, 0.1) is 0 Å². The fourth-order valence-corrected chi connectivity index (χ4v) is 1.01. The number of aliphatic hydroxyl groups excluding tert-OH is 5. The van der Waals surface area contributed by atoms with E-state index in [1.807, 2.05) is 0 Å². The maximum atomic E-state index is 10.1. The van der Waals surface area contributed by atoms with Gasteiger partial charge in [-0.3, -0.25) is 0 Å². The van der Waals surface area contributed by atoms with E-state index in [1.54, 1.807) is 0 Å². The minimum atomic E-state index is -1.69. The summed E-state index contributed by atoms with van der Waals surface area (Å²) in [5.74, 6) is 0. The third kappa shape index (κ3) is 3.05. The van der Waals surface area contributed by atoms with Gasteiger partial charge in [-0.05, 0) is 0 Å². The molecule has 0 heterocycles. The first-order chi connectivity index (χ1) is 5.54. The second-order valence-corrected chi connectivity index (χ2v) is 3.31. The van der Waals surface area contributed by atoms with Gasteiger partial charge in [-0.25, -0.2) is 0 Å². The zero-order valence-electron chi connectivity index (χ0n) is 6.24. The molecule has 12 heavy (non-hydrogen) atoms. The van der Waals surface area contributed by atoms with Crippen molar-refractivity contribution in [2.24, 2.45) is 0 Å². The van der Waals surface area contributed by atoms with Crippen molar-refractivity contribution in [3.8, 4) is 0 Å². The zero-order chi connectivity index (χ0) is 9.72. The van der Waals surface area contributed by atoms with E-state index in [2.05, 4.69) is 0 Å². The fraction of sp³-hybridized carbons (Fsp3) is 1.00. The van der Waals surface area contributed by atoms with Gasteiger partial charge in [0.25, 0.3) is 9.41 Å². The number of rotatable bonds is 5. The number of aliphatic hydroxyl groups is 5. The van der Waals surface area contributed by atoms with E-state index < -0.39 is 40.1 Å². The van der Waals surface area contributed by atoms with Gasteiger partial charge in [-0.1, -0.05) is 0 Å². The summed E-state index contributed by atoms with van der Waals surface area (Å²) in [7, 11) is -1.64. The Bertz CT molecular complexity index is 142. The van der Waals surface area contributed by atoms with Gasteiger partial charge in [-0.15, -0.1) is 0 Å². The van der Waals surface area contributed by atoms with E-state index >= 15 is 0 Å². The summed E-state index contributed by atoms with van der Waals surface area (Å²) in [6.07, 6.45) is -4.92. The molecule has 0 aromatic heterocycles. The number of hydrogen-bond acceptors (Lipinski definition) is 6. The molecule has 0 aromatic rings. The molecule has 0 unspecified atom stereocenters. The van der Waals surface area contributed by atoms with Crippen LogP contribution < -0.4 is 0 Å². The average Bonchev–Trinajstić information content (AvgIpc) is 2.12. The SMILES string of the molecule is O=[SiH][C@H](O)[C@@H](O)[C@@H](O)[C@H](O)CO. The summed E-state index contributed by atoms with van der Waals surface area (Å²) in [4.78, 5) is 0. The fourth-order valence-electron chi connectivity index (χ4n) is 0.618. The normalized spacial score (nSPS) is 21.1. The summed E-state index contributed by atoms with van der Waals surface area (Å²) >= 11 is 0. The molecule has 0 saturated carbocycles. The lowest BCUT2D eigenvalue weighted by molar-refractivity contribution is -0.0992. The summed E-state index contributed by atoms with van der Waals surface area (Å²) in [6, 6.07) is 0. The predicted molar refractivity (Wildman–Crippen MR) is 38.9 cm³/mol. The van der Waals surface area contributed by atoms with E-state index in [0.29, 0.717) is 0 Å². The monoisotopic (exact) mass is 196 g/mol. The van der Waals surface area contributed by atoms with Gasteiger partial charge in [0, 0.05) is 0 Å². The maximum Gasteiger partial charge on any atom is 0.294 e. The summed E-state index contributed by atoms with van der Waals surface area (Å²) < 4.78 is 10.1. The van der Waals surface area contributed by atoms with Crippen LogP contribution in [0.5, 0.6) is 0 Å². The van der Waals surface area contributed by atoms with E-state index in [9.17, 15) is 4.46 Å². The standard InChI is InChI=1S/C5H12O6Si/c6-1-2(7)3(8)4(9)5(10)12-11/h2-10,12H,1H2/t2-,3+,4+,5+/m1/s1. The molecule has 0 fully saturated rings. The van der Waals surface area contributed by atoms with Gasteiger partial charge in [-0.2, -0.15) is 0 Å². The highest BCUT2D eigenvalue weighted by Crippen LogP contribution is 2.02. The lowest BCUT2D eigenvalue weighted by Crippen LogP contribution is -2.46. The summed E-state index contributed by atoms with van der Waals surface area (Å²) in [5, 5.41) is 43.8. The highest BCUT2D eigenvalue weighted by atomic mass is 28.2. The van der Waals surface area contributed by atoms with Crippen LogP contribution in [0.4, 0.5) is 0 Å². The second-order valence-electron chi connectivity index (χ2n) is 2.36. The molecule has 0 radical (unpaired) electrons. The van der Waals surface area contributed by atoms with Crippen LogP contribution in [0.2, 0.25) is 0 Å². The highest BCUT2D eigenvalue weighted by molar-refractivity contribution is 6.19. The zero-order valence-corrected chi connectivity index (χ0v) is 7.39. The third-order valence-corrected chi connectivity index (χ3v) is 2.09. The van der Waals surface area contributed by atoms with Gasteiger partial charge in [0.15, 0.2) is 0 Å². The van der Waals surface area contributed by atoms with E-state index in [-0.39, 0.29) is 0 Å². The summed E-state index contributed by atoms with van der Waals surface area (Å²) in [6.45, 7) is -0.737. The Labute approximate surface area is 71.0 Å². The minimum Gasteiger partial charge on any atom is -0.394 e. The molecule has 0 aliphatic rings. The largest absolute Gasteiger partial charge is 0.394 e. The highest BCUT2D eigenvalue weighted by Gasteiger charge is 2.29. The lowest BCUT2D eigenvalue weighted by Gasteiger charge is -2.22. The van der Waals surface area contributed by atoms with Crippen LogP contribution in [0.15, 0.2) is 0 Å². The van der Waals surface area contributed by atoms with Crippen molar-refractivity contribution in [3.05, 3.63) is 0 Å². The van der Waals surface area contributed by atoms with Gasteiger partial charge >= 0.3 is 0 Å². The first-order valence-corrected chi connectivity index (χ1v) is 4.46. The molecule has 0 spiro atoms. The average molecular weight is 196 g/mol. The molecule has 5 N–H and O–H groups in total. The van der Waals surface area contributed by atoms with Crippen molar-refractivity contribution >= 4 is 9.41 Å². The molecule has 0 saturated heterocycles. The molecule has 72 valence electrons. The first-order valence-electron chi connectivity index (χ1n) is 3.33. The smallest absolute Gasteiger partial charge is 0.294 e. The second kappa shape index (κ2) is 5.46. The number of hydrogen-bond donors (Lipinski definition) is 5. The summed E-state index contributed by atoms with van der Waals surface area (Å²) in [5.41, 5.74) is -1.55. The Kier molecular flexibility index (Phi) is 5.38. The third-order valence-electron chi connectivity index (χ3n) is 1.42. The Morgan fingerprint density at radius 2 is 1.58 bits per heavy atom.